The largest absolute Gasteiger partial charge is 0.313 e. The van der Waals surface area contributed by atoms with Gasteiger partial charge in [0.2, 0.25) is 0 Å². The van der Waals surface area contributed by atoms with Gasteiger partial charge in [-0.3, -0.25) is 9.88 Å². The fraction of sp³-hybridized carbons (Fsp3) is 0.615. The first-order valence-corrected chi connectivity index (χ1v) is 5.98. The van der Waals surface area contributed by atoms with E-state index >= 15 is 0 Å². The summed E-state index contributed by atoms with van der Waals surface area (Å²) in [5, 5.41) is 3.29. The van der Waals surface area contributed by atoms with Gasteiger partial charge in [-0.05, 0) is 39.1 Å². The Labute approximate surface area is 98.9 Å². The van der Waals surface area contributed by atoms with Gasteiger partial charge < -0.3 is 5.32 Å². The summed E-state index contributed by atoms with van der Waals surface area (Å²) in [6.07, 6.45) is 1.96. The van der Waals surface area contributed by atoms with Crippen molar-refractivity contribution in [2.45, 2.75) is 39.9 Å². The van der Waals surface area contributed by atoms with Crippen molar-refractivity contribution in [3.63, 3.8) is 0 Å². The number of nitrogens with one attached hydrogen (secondary N) is 1. The maximum absolute atomic E-state index is 4.47. The second-order valence-corrected chi connectivity index (χ2v) is 4.45. The Morgan fingerprint density at radius 3 is 2.62 bits per heavy atom. The van der Waals surface area contributed by atoms with Crippen molar-refractivity contribution >= 4 is 0 Å². The lowest BCUT2D eigenvalue weighted by molar-refractivity contribution is 0.262. The average Bonchev–Trinajstić information content (AvgIpc) is 2.28. The van der Waals surface area contributed by atoms with E-state index in [0.717, 1.165) is 25.3 Å². The van der Waals surface area contributed by atoms with Gasteiger partial charge in [0.1, 0.15) is 0 Å². The zero-order valence-corrected chi connectivity index (χ0v) is 10.8. The van der Waals surface area contributed by atoms with Crippen molar-refractivity contribution < 1.29 is 0 Å². The molecular weight excluding hydrogens is 198 g/mol. The molecule has 3 nitrogen and oxygen atoms in total. The zero-order valence-electron chi connectivity index (χ0n) is 10.8. The quantitative estimate of drug-likeness (QED) is 0.796. The SMILES string of the molecule is CCNCc1ccc(CN(C)C(C)C)nc1. The van der Waals surface area contributed by atoms with E-state index in [1.165, 1.54) is 5.56 Å². The molecule has 1 heterocycles. The normalized spacial score (nSPS) is 11.4. The van der Waals surface area contributed by atoms with Crippen LogP contribution in [0.2, 0.25) is 0 Å². The predicted octanol–water partition coefficient (Wildman–Crippen LogP) is 2.03. The monoisotopic (exact) mass is 221 g/mol. The maximum Gasteiger partial charge on any atom is 0.0544 e. The molecule has 0 bridgehead atoms. The van der Waals surface area contributed by atoms with Crippen LogP contribution < -0.4 is 5.32 Å². The topological polar surface area (TPSA) is 28.2 Å². The van der Waals surface area contributed by atoms with Crippen LogP contribution in [-0.2, 0) is 13.1 Å². The highest BCUT2D eigenvalue weighted by Crippen LogP contribution is 2.05. The highest BCUT2D eigenvalue weighted by molar-refractivity contribution is 5.13. The van der Waals surface area contributed by atoms with E-state index in [9.17, 15) is 0 Å². The Hall–Kier alpha value is -0.930. The summed E-state index contributed by atoms with van der Waals surface area (Å²) >= 11 is 0. The molecule has 0 atom stereocenters. The van der Waals surface area contributed by atoms with Gasteiger partial charge in [0.15, 0.2) is 0 Å². The van der Waals surface area contributed by atoms with Crippen molar-refractivity contribution in [1.29, 1.82) is 0 Å². The van der Waals surface area contributed by atoms with E-state index < -0.39 is 0 Å². The standard InChI is InChI=1S/C13H23N3/c1-5-14-8-12-6-7-13(15-9-12)10-16(4)11(2)3/h6-7,9,11,14H,5,8,10H2,1-4H3. The number of pyridine rings is 1. The van der Waals surface area contributed by atoms with Gasteiger partial charge >= 0.3 is 0 Å². The van der Waals surface area contributed by atoms with Gasteiger partial charge in [0, 0.05) is 25.3 Å². The summed E-state index contributed by atoms with van der Waals surface area (Å²) in [6.45, 7) is 9.32. The summed E-state index contributed by atoms with van der Waals surface area (Å²) in [4.78, 5) is 6.76. The average molecular weight is 221 g/mol. The molecule has 0 amide bonds. The van der Waals surface area contributed by atoms with Gasteiger partial charge in [0.05, 0.1) is 5.69 Å². The molecule has 0 aliphatic carbocycles. The molecule has 0 aliphatic rings. The number of hydrogen-bond donors (Lipinski definition) is 1. The Balaban J connectivity index is 2.51. The van der Waals surface area contributed by atoms with E-state index in [1.807, 2.05) is 6.20 Å². The Morgan fingerprint density at radius 1 is 1.38 bits per heavy atom. The fourth-order valence-electron chi connectivity index (χ4n) is 1.36. The minimum Gasteiger partial charge on any atom is -0.313 e. The van der Waals surface area contributed by atoms with Crippen LogP contribution in [0.5, 0.6) is 0 Å². The molecule has 0 spiro atoms. The molecule has 0 saturated carbocycles. The molecule has 0 aliphatic heterocycles. The Bertz CT molecular complexity index is 293. The summed E-state index contributed by atoms with van der Waals surface area (Å²) < 4.78 is 0. The van der Waals surface area contributed by atoms with Gasteiger partial charge in [-0.15, -0.1) is 0 Å². The van der Waals surface area contributed by atoms with Gasteiger partial charge in [-0.25, -0.2) is 0 Å². The lowest BCUT2D eigenvalue weighted by Gasteiger charge is -2.20. The van der Waals surface area contributed by atoms with Crippen molar-refractivity contribution in [3.05, 3.63) is 29.6 Å². The minimum atomic E-state index is 0.559. The van der Waals surface area contributed by atoms with Gasteiger partial charge in [0.25, 0.3) is 0 Å². The lowest BCUT2D eigenvalue weighted by Crippen LogP contribution is -2.26. The molecule has 1 aromatic heterocycles. The second-order valence-electron chi connectivity index (χ2n) is 4.45. The van der Waals surface area contributed by atoms with E-state index in [1.54, 1.807) is 0 Å². The van der Waals surface area contributed by atoms with Crippen molar-refractivity contribution in [2.75, 3.05) is 13.6 Å². The lowest BCUT2D eigenvalue weighted by atomic mass is 10.2. The van der Waals surface area contributed by atoms with Crippen LogP contribution in [0.4, 0.5) is 0 Å². The van der Waals surface area contributed by atoms with Crippen LogP contribution in [0, 0.1) is 0 Å². The third kappa shape index (κ3) is 4.29. The first-order chi connectivity index (χ1) is 7.63. The molecule has 0 aromatic carbocycles. The van der Waals surface area contributed by atoms with E-state index in [-0.39, 0.29) is 0 Å². The predicted molar refractivity (Wildman–Crippen MR) is 68.2 cm³/mol. The van der Waals surface area contributed by atoms with Crippen LogP contribution in [0.1, 0.15) is 32.0 Å². The molecular formula is C13H23N3. The minimum absolute atomic E-state index is 0.559. The molecule has 0 saturated heterocycles. The molecule has 1 aromatic rings. The molecule has 1 N–H and O–H groups in total. The van der Waals surface area contributed by atoms with Crippen molar-refractivity contribution in [1.82, 2.24) is 15.2 Å². The molecule has 0 radical (unpaired) electrons. The third-order valence-corrected chi connectivity index (χ3v) is 2.76. The zero-order chi connectivity index (χ0) is 12.0. The molecule has 3 heteroatoms. The number of aromatic nitrogens is 1. The van der Waals surface area contributed by atoms with E-state index in [0.29, 0.717) is 6.04 Å². The number of rotatable bonds is 6. The summed E-state index contributed by atoms with van der Waals surface area (Å²) in [6, 6.07) is 4.83. The van der Waals surface area contributed by atoms with Crippen LogP contribution in [0.15, 0.2) is 18.3 Å². The molecule has 0 unspecified atom stereocenters. The van der Waals surface area contributed by atoms with Crippen LogP contribution in [0.3, 0.4) is 0 Å². The van der Waals surface area contributed by atoms with Crippen LogP contribution in [0.25, 0.3) is 0 Å². The highest BCUT2D eigenvalue weighted by Gasteiger charge is 2.04. The Morgan fingerprint density at radius 2 is 2.12 bits per heavy atom. The fourth-order valence-corrected chi connectivity index (χ4v) is 1.36. The number of nitrogens with zero attached hydrogens (tertiary/aromatic N) is 2. The van der Waals surface area contributed by atoms with Crippen LogP contribution in [-0.4, -0.2) is 29.5 Å². The maximum atomic E-state index is 4.47. The van der Waals surface area contributed by atoms with E-state index in [2.05, 4.69) is 55.2 Å². The summed E-state index contributed by atoms with van der Waals surface area (Å²) in [5.74, 6) is 0. The second kappa shape index (κ2) is 6.61. The van der Waals surface area contributed by atoms with Gasteiger partial charge in [-0.1, -0.05) is 13.0 Å². The first-order valence-electron chi connectivity index (χ1n) is 5.98. The number of hydrogen-bond acceptors (Lipinski definition) is 3. The third-order valence-electron chi connectivity index (χ3n) is 2.76. The molecule has 16 heavy (non-hydrogen) atoms. The van der Waals surface area contributed by atoms with Crippen molar-refractivity contribution in [3.8, 4) is 0 Å². The van der Waals surface area contributed by atoms with Gasteiger partial charge in [-0.2, -0.15) is 0 Å². The van der Waals surface area contributed by atoms with Crippen LogP contribution >= 0.6 is 0 Å². The summed E-state index contributed by atoms with van der Waals surface area (Å²) in [7, 11) is 2.12. The molecule has 90 valence electrons. The first kappa shape index (κ1) is 13.1. The summed E-state index contributed by atoms with van der Waals surface area (Å²) in [5.41, 5.74) is 2.38. The molecule has 1 rings (SSSR count). The van der Waals surface area contributed by atoms with Crippen molar-refractivity contribution in [2.24, 2.45) is 0 Å². The molecule has 0 fully saturated rings. The Kier molecular flexibility index (Phi) is 5.43. The highest BCUT2D eigenvalue weighted by atomic mass is 15.1. The van der Waals surface area contributed by atoms with E-state index in [4.69, 9.17) is 0 Å². The smallest absolute Gasteiger partial charge is 0.0544 e.